The van der Waals surface area contributed by atoms with Crippen LogP contribution in [0.3, 0.4) is 0 Å². The van der Waals surface area contributed by atoms with Gasteiger partial charge in [-0.2, -0.15) is 0 Å². The largest absolute Gasteiger partial charge is 0.480 e. The predicted molar refractivity (Wildman–Crippen MR) is 80.4 cm³/mol. The number of carboxylic acids is 1. The Morgan fingerprint density at radius 2 is 1.86 bits per heavy atom. The van der Waals surface area contributed by atoms with Gasteiger partial charge in [-0.1, -0.05) is 13.8 Å². The van der Waals surface area contributed by atoms with E-state index < -0.39 is 35.7 Å². The molecule has 22 heavy (non-hydrogen) atoms. The van der Waals surface area contributed by atoms with Crippen molar-refractivity contribution < 1.29 is 24.2 Å². The Balaban J connectivity index is 2.75. The summed E-state index contributed by atoms with van der Waals surface area (Å²) in [5.74, 6) is -1.76. The number of ether oxygens (including phenoxy) is 1. The monoisotopic (exact) mass is 314 g/mol. The molecule has 0 saturated carbocycles. The molecule has 0 spiro atoms. The number of carbonyl (C=O) groups is 3. The smallest absolute Gasteiger partial charge is 0.410 e. The van der Waals surface area contributed by atoms with Gasteiger partial charge in [0.05, 0.1) is 0 Å². The van der Waals surface area contributed by atoms with Crippen LogP contribution in [0.15, 0.2) is 0 Å². The summed E-state index contributed by atoms with van der Waals surface area (Å²) in [7, 11) is 0. The maximum Gasteiger partial charge on any atom is 0.410 e. The first-order valence-electron chi connectivity index (χ1n) is 7.55. The molecule has 1 aliphatic heterocycles. The third-order valence-electron chi connectivity index (χ3n) is 3.41. The third-order valence-corrected chi connectivity index (χ3v) is 3.41. The Bertz CT molecular complexity index is 442. The van der Waals surface area contributed by atoms with Crippen molar-refractivity contribution in [1.29, 1.82) is 0 Å². The van der Waals surface area contributed by atoms with E-state index >= 15 is 0 Å². The summed E-state index contributed by atoms with van der Waals surface area (Å²) >= 11 is 0. The van der Waals surface area contributed by atoms with Gasteiger partial charge in [-0.05, 0) is 39.5 Å². The van der Waals surface area contributed by atoms with Gasteiger partial charge >= 0.3 is 12.1 Å². The molecule has 7 heteroatoms. The number of aliphatic carboxylic acids is 1. The molecule has 0 aliphatic carbocycles. The minimum atomic E-state index is -1.08. The highest BCUT2D eigenvalue weighted by molar-refractivity contribution is 5.89. The van der Waals surface area contributed by atoms with Gasteiger partial charge in [0.1, 0.15) is 17.7 Å². The fourth-order valence-electron chi connectivity index (χ4n) is 2.34. The van der Waals surface area contributed by atoms with Crippen molar-refractivity contribution in [1.82, 2.24) is 10.2 Å². The van der Waals surface area contributed by atoms with Crippen LogP contribution >= 0.6 is 0 Å². The standard InChI is InChI=1S/C15H26N2O5/c1-9(2)11(13(19)20)16-12(18)10-7-6-8-17(10)14(21)22-15(3,4)5/h9-11H,6-8H2,1-5H3,(H,16,18)(H,19,20)/t10-,11+/m0/s1. The second kappa shape index (κ2) is 6.98. The molecule has 1 fully saturated rings. The summed E-state index contributed by atoms with van der Waals surface area (Å²) in [6.45, 7) is 9.16. The Labute approximate surface area is 131 Å². The molecule has 0 aromatic heterocycles. The Hall–Kier alpha value is -1.79. The molecule has 2 amide bonds. The first-order valence-corrected chi connectivity index (χ1v) is 7.55. The van der Waals surface area contributed by atoms with Crippen molar-refractivity contribution in [2.75, 3.05) is 6.54 Å². The average Bonchev–Trinajstić information content (AvgIpc) is 2.81. The van der Waals surface area contributed by atoms with Crippen LogP contribution in [0, 0.1) is 5.92 Å². The molecule has 0 aromatic rings. The second-order valence-electron chi connectivity index (χ2n) is 6.90. The zero-order valence-corrected chi connectivity index (χ0v) is 13.9. The molecule has 126 valence electrons. The Morgan fingerprint density at radius 1 is 1.27 bits per heavy atom. The number of likely N-dealkylation sites (tertiary alicyclic amines) is 1. The van der Waals surface area contributed by atoms with E-state index in [1.54, 1.807) is 34.6 Å². The number of rotatable bonds is 4. The van der Waals surface area contributed by atoms with E-state index in [0.717, 1.165) is 0 Å². The van der Waals surface area contributed by atoms with Crippen molar-refractivity contribution in [3.05, 3.63) is 0 Å². The molecule has 0 bridgehead atoms. The number of amides is 2. The lowest BCUT2D eigenvalue weighted by Crippen LogP contribution is -2.53. The van der Waals surface area contributed by atoms with Crippen molar-refractivity contribution in [3.63, 3.8) is 0 Å². The van der Waals surface area contributed by atoms with E-state index in [4.69, 9.17) is 9.84 Å². The van der Waals surface area contributed by atoms with Crippen molar-refractivity contribution >= 4 is 18.0 Å². The minimum absolute atomic E-state index is 0.238. The number of nitrogens with zero attached hydrogens (tertiary/aromatic N) is 1. The SMILES string of the molecule is CC(C)[C@@H](NC(=O)[C@@H]1CCCN1C(=O)OC(C)(C)C)C(=O)O. The number of hydrogen-bond donors (Lipinski definition) is 2. The first-order chi connectivity index (χ1) is 10.0. The average molecular weight is 314 g/mol. The van der Waals surface area contributed by atoms with Crippen LogP contribution in [0.4, 0.5) is 4.79 Å². The number of hydrogen-bond acceptors (Lipinski definition) is 4. The van der Waals surface area contributed by atoms with E-state index in [0.29, 0.717) is 19.4 Å². The summed E-state index contributed by atoms with van der Waals surface area (Å²) in [5, 5.41) is 11.7. The van der Waals surface area contributed by atoms with E-state index in [1.807, 2.05) is 0 Å². The topological polar surface area (TPSA) is 95.9 Å². The maximum absolute atomic E-state index is 12.3. The highest BCUT2D eigenvalue weighted by atomic mass is 16.6. The molecule has 7 nitrogen and oxygen atoms in total. The number of carboxylic acid groups (broad SMARTS) is 1. The van der Waals surface area contributed by atoms with Gasteiger partial charge in [-0.15, -0.1) is 0 Å². The molecule has 2 N–H and O–H groups in total. The van der Waals surface area contributed by atoms with Crippen molar-refractivity contribution in [2.45, 2.75) is 65.1 Å². The van der Waals surface area contributed by atoms with Crippen molar-refractivity contribution in [3.8, 4) is 0 Å². The van der Waals surface area contributed by atoms with E-state index in [1.165, 1.54) is 4.90 Å². The van der Waals surface area contributed by atoms with Crippen LogP contribution in [0.1, 0.15) is 47.5 Å². The molecular weight excluding hydrogens is 288 g/mol. The zero-order valence-electron chi connectivity index (χ0n) is 13.9. The molecule has 0 unspecified atom stereocenters. The predicted octanol–water partition coefficient (Wildman–Crippen LogP) is 1.61. The lowest BCUT2D eigenvalue weighted by atomic mass is 10.0. The van der Waals surface area contributed by atoms with E-state index in [9.17, 15) is 14.4 Å². The summed E-state index contributed by atoms with van der Waals surface area (Å²) < 4.78 is 5.29. The molecule has 0 radical (unpaired) electrons. The normalized spacial score (nSPS) is 19.9. The summed E-state index contributed by atoms with van der Waals surface area (Å²) in [6.07, 6.45) is 0.660. The fourth-order valence-corrected chi connectivity index (χ4v) is 2.34. The Morgan fingerprint density at radius 3 is 2.32 bits per heavy atom. The van der Waals surface area contributed by atoms with Crippen LogP contribution in [0.5, 0.6) is 0 Å². The number of carbonyl (C=O) groups excluding carboxylic acids is 2. The molecule has 1 rings (SSSR count). The first kappa shape index (κ1) is 18.3. The summed E-state index contributed by atoms with van der Waals surface area (Å²) in [4.78, 5) is 37.0. The Kier molecular flexibility index (Phi) is 5.79. The zero-order chi connectivity index (χ0) is 17.1. The maximum atomic E-state index is 12.3. The fraction of sp³-hybridized carbons (Fsp3) is 0.800. The van der Waals surface area contributed by atoms with Crippen LogP contribution in [0.25, 0.3) is 0 Å². The molecule has 1 heterocycles. The lowest BCUT2D eigenvalue weighted by molar-refractivity contribution is -0.143. The van der Waals surface area contributed by atoms with E-state index in [-0.39, 0.29) is 5.92 Å². The molecular formula is C15H26N2O5. The molecule has 0 aromatic carbocycles. The highest BCUT2D eigenvalue weighted by Gasteiger charge is 2.38. The van der Waals surface area contributed by atoms with Crippen LogP contribution < -0.4 is 5.32 Å². The van der Waals surface area contributed by atoms with E-state index in [2.05, 4.69) is 5.32 Å². The van der Waals surface area contributed by atoms with Gasteiger partial charge in [0.25, 0.3) is 0 Å². The molecule has 1 aliphatic rings. The summed E-state index contributed by atoms with van der Waals surface area (Å²) in [6, 6.07) is -1.64. The quantitative estimate of drug-likeness (QED) is 0.822. The molecule has 1 saturated heterocycles. The third kappa shape index (κ3) is 4.89. The molecule has 2 atom stereocenters. The van der Waals surface area contributed by atoms with Crippen LogP contribution in [-0.2, 0) is 14.3 Å². The minimum Gasteiger partial charge on any atom is -0.480 e. The second-order valence-corrected chi connectivity index (χ2v) is 6.90. The van der Waals surface area contributed by atoms with Gasteiger partial charge in [0.2, 0.25) is 5.91 Å². The van der Waals surface area contributed by atoms with Gasteiger partial charge in [-0.25, -0.2) is 9.59 Å². The van der Waals surface area contributed by atoms with Crippen LogP contribution in [-0.4, -0.2) is 52.2 Å². The van der Waals surface area contributed by atoms with Gasteiger partial charge in [0, 0.05) is 6.54 Å². The van der Waals surface area contributed by atoms with Gasteiger partial charge in [0.15, 0.2) is 0 Å². The van der Waals surface area contributed by atoms with Gasteiger partial charge in [-0.3, -0.25) is 9.69 Å². The highest BCUT2D eigenvalue weighted by Crippen LogP contribution is 2.21. The number of nitrogens with one attached hydrogen (secondary N) is 1. The summed E-state index contributed by atoms with van der Waals surface area (Å²) in [5.41, 5.74) is -0.637. The lowest BCUT2D eigenvalue weighted by Gasteiger charge is -2.29. The van der Waals surface area contributed by atoms with Gasteiger partial charge < -0.3 is 15.2 Å². The van der Waals surface area contributed by atoms with Crippen LogP contribution in [0.2, 0.25) is 0 Å². The van der Waals surface area contributed by atoms with Crippen molar-refractivity contribution in [2.24, 2.45) is 5.92 Å².